The fraction of sp³-hybridized carbons (Fsp3) is 0.231. The number of aliphatic hydroxyl groups excluding tert-OH is 1. The molecule has 0 saturated heterocycles. The number of aryl methyl sites for hydroxylation is 2. The van der Waals surface area contributed by atoms with Crippen LogP contribution >= 0.6 is 0 Å². The number of nitrogens with zero attached hydrogens (tertiary/aromatic N) is 4. The van der Waals surface area contributed by atoms with E-state index in [-0.39, 0.29) is 0 Å². The van der Waals surface area contributed by atoms with Crippen molar-refractivity contribution in [2.75, 3.05) is 0 Å². The minimum Gasteiger partial charge on any atom is -0.382 e. The van der Waals surface area contributed by atoms with Gasteiger partial charge in [0.1, 0.15) is 11.8 Å². The van der Waals surface area contributed by atoms with E-state index in [1.807, 2.05) is 38.4 Å². The molecule has 18 heavy (non-hydrogen) atoms. The number of rotatable bonds is 2. The molecule has 0 bridgehead atoms. The fourth-order valence-electron chi connectivity index (χ4n) is 2.18. The molecule has 0 aliphatic heterocycles. The maximum Gasteiger partial charge on any atom is 0.126 e. The largest absolute Gasteiger partial charge is 0.382 e. The zero-order valence-corrected chi connectivity index (χ0v) is 10.3. The second kappa shape index (κ2) is 3.96. The molecular weight excluding hydrogens is 228 g/mol. The van der Waals surface area contributed by atoms with E-state index in [1.54, 1.807) is 21.8 Å². The van der Waals surface area contributed by atoms with Gasteiger partial charge in [-0.25, -0.2) is 0 Å². The Hall–Kier alpha value is -2.14. The fourth-order valence-corrected chi connectivity index (χ4v) is 2.18. The smallest absolute Gasteiger partial charge is 0.126 e. The summed E-state index contributed by atoms with van der Waals surface area (Å²) in [4.78, 5) is 0. The van der Waals surface area contributed by atoms with Crippen molar-refractivity contribution in [2.24, 2.45) is 14.1 Å². The number of para-hydroxylation sites is 1. The van der Waals surface area contributed by atoms with Crippen LogP contribution in [0.25, 0.3) is 10.9 Å². The molecule has 92 valence electrons. The number of benzene rings is 1. The predicted octanol–water partition coefficient (Wildman–Crippen LogP) is 1.39. The van der Waals surface area contributed by atoms with E-state index in [1.165, 1.54) is 0 Å². The average Bonchev–Trinajstić information content (AvgIpc) is 2.94. The van der Waals surface area contributed by atoms with Gasteiger partial charge in [-0.05, 0) is 6.07 Å². The summed E-state index contributed by atoms with van der Waals surface area (Å²) in [5, 5.41) is 19.8. The summed E-state index contributed by atoms with van der Waals surface area (Å²) < 4.78 is 3.45. The molecule has 2 aromatic heterocycles. The normalized spacial score (nSPS) is 13.1. The molecule has 0 aliphatic rings. The molecule has 0 aliphatic carbocycles. The number of aromatic nitrogens is 4. The van der Waals surface area contributed by atoms with Crippen LogP contribution in [0.4, 0.5) is 0 Å². The van der Waals surface area contributed by atoms with Crippen LogP contribution in [0.15, 0.2) is 36.7 Å². The maximum atomic E-state index is 10.4. The van der Waals surface area contributed by atoms with Crippen LogP contribution in [0.1, 0.15) is 17.4 Å². The van der Waals surface area contributed by atoms with Crippen molar-refractivity contribution in [3.05, 3.63) is 47.9 Å². The molecule has 0 spiro atoms. The molecule has 1 aromatic carbocycles. The van der Waals surface area contributed by atoms with Crippen LogP contribution in [0, 0.1) is 0 Å². The zero-order chi connectivity index (χ0) is 12.7. The molecule has 0 fully saturated rings. The van der Waals surface area contributed by atoms with Crippen LogP contribution < -0.4 is 0 Å². The topological polar surface area (TPSA) is 55.9 Å². The maximum absolute atomic E-state index is 10.4. The Kier molecular flexibility index (Phi) is 2.41. The van der Waals surface area contributed by atoms with Gasteiger partial charge in [0.15, 0.2) is 0 Å². The first-order valence-electron chi connectivity index (χ1n) is 5.75. The lowest BCUT2D eigenvalue weighted by atomic mass is 10.1. The van der Waals surface area contributed by atoms with Crippen LogP contribution in [-0.4, -0.2) is 24.7 Å². The minimum absolute atomic E-state index is 0.668. The van der Waals surface area contributed by atoms with Crippen LogP contribution in [-0.2, 0) is 14.1 Å². The molecule has 1 atom stereocenters. The quantitative estimate of drug-likeness (QED) is 0.738. The Balaban J connectivity index is 2.14. The summed E-state index contributed by atoms with van der Waals surface area (Å²) >= 11 is 0. The summed E-state index contributed by atoms with van der Waals surface area (Å²) in [6.45, 7) is 0. The predicted molar refractivity (Wildman–Crippen MR) is 68.0 cm³/mol. The second-order valence-electron chi connectivity index (χ2n) is 4.38. The summed E-state index contributed by atoms with van der Waals surface area (Å²) in [5.41, 5.74) is 2.43. The van der Waals surface area contributed by atoms with Gasteiger partial charge in [0.25, 0.3) is 0 Å². The van der Waals surface area contributed by atoms with Gasteiger partial charge in [0.05, 0.1) is 11.7 Å². The highest BCUT2D eigenvalue weighted by Gasteiger charge is 2.19. The van der Waals surface area contributed by atoms with Crippen molar-refractivity contribution in [3.63, 3.8) is 0 Å². The third kappa shape index (κ3) is 1.60. The zero-order valence-electron chi connectivity index (χ0n) is 10.3. The highest BCUT2D eigenvalue weighted by atomic mass is 16.3. The summed E-state index contributed by atoms with van der Waals surface area (Å²) in [6, 6.07) is 7.87. The SMILES string of the molecule is Cn1cc(C(O)c2nn(C)c3ccccc23)cn1. The molecule has 5 nitrogen and oxygen atoms in total. The van der Waals surface area contributed by atoms with E-state index in [2.05, 4.69) is 10.2 Å². The molecule has 1 unspecified atom stereocenters. The van der Waals surface area contributed by atoms with E-state index in [9.17, 15) is 5.11 Å². The molecule has 5 heteroatoms. The highest BCUT2D eigenvalue weighted by Crippen LogP contribution is 2.27. The van der Waals surface area contributed by atoms with Gasteiger partial charge in [-0.15, -0.1) is 0 Å². The van der Waals surface area contributed by atoms with Gasteiger partial charge >= 0.3 is 0 Å². The molecule has 2 heterocycles. The lowest BCUT2D eigenvalue weighted by Gasteiger charge is -2.04. The average molecular weight is 242 g/mol. The van der Waals surface area contributed by atoms with Gasteiger partial charge in [-0.3, -0.25) is 9.36 Å². The van der Waals surface area contributed by atoms with Crippen LogP contribution in [0.5, 0.6) is 0 Å². The van der Waals surface area contributed by atoms with Gasteiger partial charge in [-0.1, -0.05) is 18.2 Å². The Bertz CT molecular complexity index is 698. The Morgan fingerprint density at radius 1 is 1.22 bits per heavy atom. The summed E-state index contributed by atoms with van der Waals surface area (Å²) in [5.74, 6) is 0. The minimum atomic E-state index is -0.746. The number of fused-ring (bicyclic) bond motifs is 1. The van der Waals surface area contributed by atoms with Crippen LogP contribution in [0.3, 0.4) is 0 Å². The third-order valence-electron chi connectivity index (χ3n) is 3.09. The first-order valence-corrected chi connectivity index (χ1v) is 5.75. The standard InChI is InChI=1S/C13H14N4O/c1-16-8-9(7-14-16)13(18)12-10-5-3-4-6-11(10)17(2)15-12/h3-8,13,18H,1-2H3. The number of aliphatic hydroxyl groups is 1. The lowest BCUT2D eigenvalue weighted by molar-refractivity contribution is 0.215. The van der Waals surface area contributed by atoms with E-state index < -0.39 is 6.10 Å². The van der Waals surface area contributed by atoms with Crippen molar-refractivity contribution in [3.8, 4) is 0 Å². The van der Waals surface area contributed by atoms with Gasteiger partial charge in [0.2, 0.25) is 0 Å². The molecular formula is C13H14N4O. The van der Waals surface area contributed by atoms with Gasteiger partial charge in [0, 0.05) is 31.2 Å². The highest BCUT2D eigenvalue weighted by molar-refractivity contribution is 5.82. The molecule has 1 N–H and O–H groups in total. The molecule has 3 rings (SSSR count). The lowest BCUT2D eigenvalue weighted by Crippen LogP contribution is -2.01. The van der Waals surface area contributed by atoms with Crippen molar-refractivity contribution < 1.29 is 5.11 Å². The van der Waals surface area contributed by atoms with E-state index in [0.29, 0.717) is 5.69 Å². The molecule has 0 radical (unpaired) electrons. The van der Waals surface area contributed by atoms with Crippen molar-refractivity contribution in [1.29, 1.82) is 0 Å². The second-order valence-corrected chi connectivity index (χ2v) is 4.38. The van der Waals surface area contributed by atoms with Crippen molar-refractivity contribution in [2.45, 2.75) is 6.10 Å². The summed E-state index contributed by atoms with van der Waals surface area (Å²) in [6.07, 6.45) is 2.72. The first kappa shape index (κ1) is 11.0. The van der Waals surface area contributed by atoms with Gasteiger partial charge in [-0.2, -0.15) is 10.2 Å². The third-order valence-corrected chi connectivity index (χ3v) is 3.09. The van der Waals surface area contributed by atoms with Crippen molar-refractivity contribution >= 4 is 10.9 Å². The summed E-state index contributed by atoms with van der Waals surface area (Å²) in [7, 11) is 3.70. The van der Waals surface area contributed by atoms with Crippen LogP contribution in [0.2, 0.25) is 0 Å². The Morgan fingerprint density at radius 3 is 2.72 bits per heavy atom. The van der Waals surface area contributed by atoms with E-state index in [4.69, 9.17) is 0 Å². The Labute approximate surface area is 104 Å². The van der Waals surface area contributed by atoms with E-state index in [0.717, 1.165) is 16.5 Å². The monoisotopic (exact) mass is 242 g/mol. The van der Waals surface area contributed by atoms with Gasteiger partial charge < -0.3 is 5.11 Å². The number of hydrogen-bond donors (Lipinski definition) is 1. The van der Waals surface area contributed by atoms with E-state index >= 15 is 0 Å². The molecule has 0 amide bonds. The molecule has 0 saturated carbocycles. The first-order chi connectivity index (χ1) is 8.66. The Morgan fingerprint density at radius 2 is 2.00 bits per heavy atom. The van der Waals surface area contributed by atoms with Crippen molar-refractivity contribution in [1.82, 2.24) is 19.6 Å². The number of hydrogen-bond acceptors (Lipinski definition) is 3. The molecule has 3 aromatic rings.